The first-order valence-corrected chi connectivity index (χ1v) is 5.93. The summed E-state index contributed by atoms with van der Waals surface area (Å²) in [7, 11) is 0. The Morgan fingerprint density at radius 1 is 1.26 bits per heavy atom. The van der Waals surface area contributed by atoms with Gasteiger partial charge in [0.15, 0.2) is 0 Å². The molecular formula is C14H15F3N2. The van der Waals surface area contributed by atoms with Crippen LogP contribution in [0.2, 0.25) is 0 Å². The molecule has 2 aromatic rings. The number of benzene rings is 1. The summed E-state index contributed by atoms with van der Waals surface area (Å²) >= 11 is 0. The van der Waals surface area contributed by atoms with Crippen LogP contribution in [0.15, 0.2) is 42.7 Å². The van der Waals surface area contributed by atoms with Crippen LogP contribution in [-0.2, 0) is 12.7 Å². The van der Waals surface area contributed by atoms with Gasteiger partial charge in [-0.15, -0.1) is 0 Å². The van der Waals surface area contributed by atoms with E-state index in [9.17, 15) is 13.2 Å². The maximum Gasteiger partial charge on any atom is 0.416 e. The highest BCUT2D eigenvalue weighted by Gasteiger charge is 2.30. The minimum Gasteiger partial charge on any atom is -0.350 e. The van der Waals surface area contributed by atoms with Crippen LogP contribution in [0.4, 0.5) is 13.2 Å². The van der Waals surface area contributed by atoms with Crippen molar-refractivity contribution in [1.29, 1.82) is 0 Å². The SMILES string of the molecule is CC(N)c1ccn(Cc2cccc(C(F)(F)F)c2)c1. The van der Waals surface area contributed by atoms with E-state index in [1.165, 1.54) is 12.1 Å². The smallest absolute Gasteiger partial charge is 0.350 e. The fourth-order valence-electron chi connectivity index (χ4n) is 1.88. The third-order valence-electron chi connectivity index (χ3n) is 2.92. The van der Waals surface area contributed by atoms with Gasteiger partial charge in [-0.2, -0.15) is 13.2 Å². The van der Waals surface area contributed by atoms with Crippen LogP contribution in [0.3, 0.4) is 0 Å². The molecule has 2 nitrogen and oxygen atoms in total. The Bertz CT molecular complexity index is 556. The molecule has 0 aliphatic heterocycles. The fourth-order valence-corrected chi connectivity index (χ4v) is 1.88. The Hall–Kier alpha value is -1.75. The third kappa shape index (κ3) is 3.38. The normalized spacial score (nSPS) is 13.5. The Labute approximate surface area is 109 Å². The molecule has 1 aromatic carbocycles. The van der Waals surface area contributed by atoms with Gasteiger partial charge in [0.05, 0.1) is 5.56 Å². The van der Waals surface area contributed by atoms with E-state index in [0.29, 0.717) is 12.1 Å². The summed E-state index contributed by atoms with van der Waals surface area (Å²) in [6.45, 7) is 2.26. The van der Waals surface area contributed by atoms with Crippen LogP contribution in [-0.4, -0.2) is 4.57 Å². The average Bonchev–Trinajstić information content (AvgIpc) is 2.77. The molecule has 0 aliphatic carbocycles. The molecule has 5 heteroatoms. The van der Waals surface area contributed by atoms with Crippen LogP contribution >= 0.6 is 0 Å². The number of nitrogens with two attached hydrogens (primary N) is 1. The van der Waals surface area contributed by atoms with Gasteiger partial charge in [-0.25, -0.2) is 0 Å². The Morgan fingerprint density at radius 2 is 2.00 bits per heavy atom. The van der Waals surface area contributed by atoms with Gasteiger partial charge in [-0.1, -0.05) is 12.1 Å². The van der Waals surface area contributed by atoms with Gasteiger partial charge in [0.1, 0.15) is 0 Å². The molecule has 1 unspecified atom stereocenters. The molecule has 0 aliphatic rings. The summed E-state index contributed by atoms with van der Waals surface area (Å²) in [5.74, 6) is 0. The van der Waals surface area contributed by atoms with Gasteiger partial charge < -0.3 is 10.3 Å². The third-order valence-corrected chi connectivity index (χ3v) is 2.92. The van der Waals surface area contributed by atoms with Crippen molar-refractivity contribution in [3.63, 3.8) is 0 Å². The van der Waals surface area contributed by atoms with E-state index in [1.807, 2.05) is 30.0 Å². The summed E-state index contributed by atoms with van der Waals surface area (Å²) in [6.07, 6.45) is -0.631. The first-order valence-electron chi connectivity index (χ1n) is 5.93. The van der Waals surface area contributed by atoms with E-state index >= 15 is 0 Å². The Kier molecular flexibility index (Phi) is 3.66. The molecule has 1 atom stereocenters. The molecule has 0 radical (unpaired) electrons. The minimum absolute atomic E-state index is 0.0808. The predicted molar refractivity (Wildman–Crippen MR) is 67.6 cm³/mol. The lowest BCUT2D eigenvalue weighted by molar-refractivity contribution is -0.137. The van der Waals surface area contributed by atoms with Crippen LogP contribution in [0.5, 0.6) is 0 Å². The van der Waals surface area contributed by atoms with Crippen molar-refractivity contribution in [3.8, 4) is 0 Å². The number of nitrogens with zero attached hydrogens (tertiary/aromatic N) is 1. The summed E-state index contributed by atoms with van der Waals surface area (Å²) in [5.41, 5.74) is 6.70. The van der Waals surface area contributed by atoms with Gasteiger partial charge in [-0.05, 0) is 36.2 Å². The molecule has 0 spiro atoms. The molecule has 0 amide bonds. The predicted octanol–water partition coefficient (Wildman–Crippen LogP) is 3.57. The van der Waals surface area contributed by atoms with E-state index in [2.05, 4.69) is 0 Å². The second-order valence-electron chi connectivity index (χ2n) is 4.60. The maximum atomic E-state index is 12.6. The van der Waals surface area contributed by atoms with Gasteiger partial charge in [-0.3, -0.25) is 0 Å². The quantitative estimate of drug-likeness (QED) is 0.906. The van der Waals surface area contributed by atoms with Crippen molar-refractivity contribution in [3.05, 3.63) is 59.4 Å². The molecule has 0 saturated heterocycles. The van der Waals surface area contributed by atoms with Gasteiger partial charge in [0, 0.05) is 25.0 Å². The zero-order valence-electron chi connectivity index (χ0n) is 10.5. The number of aromatic nitrogens is 1. The van der Waals surface area contributed by atoms with E-state index in [-0.39, 0.29) is 6.04 Å². The highest BCUT2D eigenvalue weighted by atomic mass is 19.4. The Morgan fingerprint density at radius 3 is 2.58 bits per heavy atom. The molecule has 2 rings (SSSR count). The van der Waals surface area contributed by atoms with Gasteiger partial charge in [0.25, 0.3) is 0 Å². The number of rotatable bonds is 3. The van der Waals surface area contributed by atoms with Crippen molar-refractivity contribution in [2.24, 2.45) is 5.73 Å². The number of hydrogen-bond donors (Lipinski definition) is 1. The van der Waals surface area contributed by atoms with Crippen molar-refractivity contribution in [2.75, 3.05) is 0 Å². The second kappa shape index (κ2) is 5.09. The van der Waals surface area contributed by atoms with Gasteiger partial charge in [0.2, 0.25) is 0 Å². The van der Waals surface area contributed by atoms with Crippen molar-refractivity contribution < 1.29 is 13.2 Å². The van der Waals surface area contributed by atoms with E-state index in [1.54, 1.807) is 6.07 Å². The Balaban J connectivity index is 2.19. The molecule has 0 saturated carbocycles. The fraction of sp³-hybridized carbons (Fsp3) is 0.286. The number of hydrogen-bond acceptors (Lipinski definition) is 1. The zero-order chi connectivity index (χ0) is 14.0. The second-order valence-corrected chi connectivity index (χ2v) is 4.60. The van der Waals surface area contributed by atoms with Crippen LogP contribution < -0.4 is 5.73 Å². The molecule has 1 heterocycles. The lowest BCUT2D eigenvalue weighted by atomic mass is 10.1. The highest BCUT2D eigenvalue weighted by molar-refractivity contribution is 5.26. The van der Waals surface area contributed by atoms with Crippen LogP contribution in [0.25, 0.3) is 0 Å². The standard InChI is InChI=1S/C14H15F3N2/c1-10(18)12-5-6-19(9-12)8-11-3-2-4-13(7-11)14(15,16)17/h2-7,9-10H,8,18H2,1H3. The topological polar surface area (TPSA) is 30.9 Å². The summed E-state index contributed by atoms with van der Waals surface area (Å²) in [4.78, 5) is 0. The summed E-state index contributed by atoms with van der Waals surface area (Å²) in [5, 5.41) is 0. The maximum absolute atomic E-state index is 12.6. The van der Waals surface area contributed by atoms with Crippen LogP contribution in [0.1, 0.15) is 29.7 Å². The van der Waals surface area contributed by atoms with E-state index in [4.69, 9.17) is 5.73 Å². The van der Waals surface area contributed by atoms with Crippen molar-refractivity contribution in [2.45, 2.75) is 25.7 Å². The van der Waals surface area contributed by atoms with Crippen molar-refractivity contribution in [1.82, 2.24) is 4.57 Å². The molecule has 102 valence electrons. The lowest BCUT2D eigenvalue weighted by Gasteiger charge is -2.09. The summed E-state index contributed by atoms with van der Waals surface area (Å²) in [6, 6.07) is 7.15. The van der Waals surface area contributed by atoms with E-state index in [0.717, 1.165) is 11.6 Å². The minimum atomic E-state index is -4.30. The van der Waals surface area contributed by atoms with Crippen LogP contribution in [0, 0.1) is 0 Å². The number of halogens is 3. The zero-order valence-corrected chi connectivity index (χ0v) is 10.5. The first-order chi connectivity index (χ1) is 8.86. The largest absolute Gasteiger partial charge is 0.416 e. The lowest BCUT2D eigenvalue weighted by Crippen LogP contribution is -2.06. The molecule has 19 heavy (non-hydrogen) atoms. The molecule has 1 aromatic heterocycles. The molecule has 2 N–H and O–H groups in total. The average molecular weight is 268 g/mol. The number of alkyl halides is 3. The van der Waals surface area contributed by atoms with Crippen molar-refractivity contribution >= 4 is 0 Å². The van der Waals surface area contributed by atoms with E-state index < -0.39 is 11.7 Å². The molecular weight excluding hydrogens is 253 g/mol. The molecule has 0 fully saturated rings. The summed E-state index contributed by atoms with van der Waals surface area (Å²) < 4.78 is 39.6. The first kappa shape index (κ1) is 13.7. The molecule has 0 bridgehead atoms. The highest BCUT2D eigenvalue weighted by Crippen LogP contribution is 2.29. The monoisotopic (exact) mass is 268 g/mol. The van der Waals surface area contributed by atoms with Gasteiger partial charge >= 0.3 is 6.18 Å².